The summed E-state index contributed by atoms with van der Waals surface area (Å²) < 4.78 is 17.3. The molecule has 1 N–H and O–H groups in total. The Morgan fingerprint density at radius 2 is 2.00 bits per heavy atom. The van der Waals surface area contributed by atoms with E-state index in [1.54, 1.807) is 0 Å². The van der Waals surface area contributed by atoms with E-state index in [1.807, 2.05) is 0 Å². The second-order valence-corrected chi connectivity index (χ2v) is 2.56. The number of alkyl halides is 1. The molecule has 10 heteroatoms. The van der Waals surface area contributed by atoms with E-state index >= 15 is 0 Å². The van der Waals surface area contributed by atoms with Crippen LogP contribution in [0.3, 0.4) is 0 Å². The molecule has 0 aliphatic rings. The molecule has 0 fully saturated rings. The third kappa shape index (κ3) is 3.42. The molecule has 0 aliphatic heterocycles. The minimum atomic E-state index is -3.88. The van der Waals surface area contributed by atoms with E-state index in [-0.39, 0.29) is 5.71 Å². The lowest BCUT2D eigenvalue weighted by Crippen LogP contribution is -2.46. The molecule has 0 rings (SSSR count). The Morgan fingerprint density at radius 3 is 2.33 bits per heavy atom. The van der Waals surface area contributed by atoms with Crippen LogP contribution in [-0.2, 0) is 4.74 Å². The number of hydrogen-bond donors (Lipinski definition) is 1. The van der Waals surface area contributed by atoms with Gasteiger partial charge in [0.05, 0.1) is 12.3 Å². The van der Waals surface area contributed by atoms with Crippen LogP contribution in [0.1, 0.15) is 6.92 Å². The van der Waals surface area contributed by atoms with E-state index in [2.05, 4.69) is 9.89 Å². The Bertz CT molecular complexity index is 278. The van der Waals surface area contributed by atoms with Gasteiger partial charge in [0.1, 0.15) is 9.85 Å². The first-order chi connectivity index (χ1) is 6.84. The number of hydrogen-bond acceptors (Lipinski definition) is 7. The standard InChI is InChI=1S/C5H8FN3O6/c1-4(7-10)2-15-3-5(6,8(11)12)9(13)14/h10H,2-3H2,1H3/b7-4+. The molecule has 86 valence electrons. The van der Waals surface area contributed by atoms with Gasteiger partial charge in [0.15, 0.2) is 0 Å². The molecule has 9 nitrogen and oxygen atoms in total. The summed E-state index contributed by atoms with van der Waals surface area (Å²) in [7, 11) is 0. The largest absolute Gasteiger partial charge is 0.637 e. The molecular formula is C5H8FN3O6. The maximum absolute atomic E-state index is 13.0. The van der Waals surface area contributed by atoms with Crippen LogP contribution in [0.5, 0.6) is 0 Å². The van der Waals surface area contributed by atoms with Gasteiger partial charge in [0.2, 0.25) is 6.61 Å². The molecule has 0 bridgehead atoms. The highest BCUT2D eigenvalue weighted by molar-refractivity contribution is 5.82. The summed E-state index contributed by atoms with van der Waals surface area (Å²) in [6.45, 7) is -0.512. The van der Waals surface area contributed by atoms with Gasteiger partial charge in [-0.05, 0) is 6.92 Å². The fourth-order valence-electron chi connectivity index (χ4n) is 0.530. The fraction of sp³-hybridized carbons (Fsp3) is 0.800. The van der Waals surface area contributed by atoms with Gasteiger partial charge in [-0.2, -0.15) is 0 Å². The van der Waals surface area contributed by atoms with E-state index in [1.165, 1.54) is 6.92 Å². The Balaban J connectivity index is 4.34. The Labute approximate surface area is 82.4 Å². The first-order valence-electron chi connectivity index (χ1n) is 3.57. The van der Waals surface area contributed by atoms with Crippen molar-refractivity contribution >= 4 is 5.71 Å². The summed E-state index contributed by atoms with van der Waals surface area (Å²) in [6.07, 6.45) is 0. The van der Waals surface area contributed by atoms with Crippen molar-refractivity contribution in [1.29, 1.82) is 0 Å². The van der Waals surface area contributed by atoms with Gasteiger partial charge in [-0.25, -0.2) is 0 Å². The predicted molar refractivity (Wildman–Crippen MR) is 43.5 cm³/mol. The monoisotopic (exact) mass is 225 g/mol. The summed E-state index contributed by atoms with van der Waals surface area (Å²) in [4.78, 5) is 16.7. The van der Waals surface area contributed by atoms with E-state index in [4.69, 9.17) is 5.21 Å². The van der Waals surface area contributed by atoms with Crippen molar-refractivity contribution in [3.63, 3.8) is 0 Å². The first kappa shape index (κ1) is 13.2. The van der Waals surface area contributed by atoms with Crippen LogP contribution < -0.4 is 0 Å². The lowest BCUT2D eigenvalue weighted by molar-refractivity contribution is -0.833. The molecule has 0 unspecified atom stereocenters. The summed E-state index contributed by atoms with van der Waals surface area (Å²) in [5.74, 6) is -3.88. The summed E-state index contributed by atoms with van der Waals surface area (Å²) >= 11 is 0. The number of oxime groups is 1. The van der Waals surface area contributed by atoms with Crippen LogP contribution in [0.2, 0.25) is 0 Å². The highest BCUT2D eigenvalue weighted by Crippen LogP contribution is 2.13. The van der Waals surface area contributed by atoms with Gasteiger partial charge in [0.25, 0.3) is 0 Å². The normalized spacial score (nSPS) is 12.5. The highest BCUT2D eigenvalue weighted by Gasteiger charge is 2.58. The topological polar surface area (TPSA) is 128 Å². The van der Waals surface area contributed by atoms with Crippen LogP contribution >= 0.6 is 0 Å². The maximum atomic E-state index is 13.0. The molecule has 0 spiro atoms. The second-order valence-electron chi connectivity index (χ2n) is 2.56. The number of nitro groups is 2. The van der Waals surface area contributed by atoms with Crippen molar-refractivity contribution in [2.24, 2.45) is 5.16 Å². The smallest absolute Gasteiger partial charge is 0.411 e. The van der Waals surface area contributed by atoms with Crippen LogP contribution in [0.4, 0.5) is 4.39 Å². The molecule has 0 amide bonds. The fourth-order valence-corrected chi connectivity index (χ4v) is 0.530. The van der Waals surface area contributed by atoms with Crippen molar-refractivity contribution in [3.05, 3.63) is 20.2 Å². The van der Waals surface area contributed by atoms with Crippen molar-refractivity contribution in [1.82, 2.24) is 0 Å². The van der Waals surface area contributed by atoms with Crippen LogP contribution in [0, 0.1) is 20.2 Å². The van der Waals surface area contributed by atoms with E-state index in [9.17, 15) is 24.6 Å². The van der Waals surface area contributed by atoms with Crippen LogP contribution in [0.15, 0.2) is 5.16 Å². The average molecular weight is 225 g/mol. The van der Waals surface area contributed by atoms with Gasteiger partial charge in [0, 0.05) is 0 Å². The molecule has 0 saturated heterocycles. The molecule has 0 aromatic heterocycles. The van der Waals surface area contributed by atoms with Crippen molar-refractivity contribution in [2.75, 3.05) is 13.2 Å². The molecular weight excluding hydrogens is 217 g/mol. The molecule has 0 aliphatic carbocycles. The number of ether oxygens (including phenoxy) is 1. The average Bonchev–Trinajstić information content (AvgIpc) is 2.16. The Kier molecular flexibility index (Phi) is 4.51. The van der Waals surface area contributed by atoms with Gasteiger partial charge >= 0.3 is 5.92 Å². The lowest BCUT2D eigenvalue weighted by Gasteiger charge is -2.07. The molecule has 0 saturated carbocycles. The lowest BCUT2D eigenvalue weighted by atomic mass is 10.4. The molecule has 0 atom stereocenters. The highest BCUT2D eigenvalue weighted by atomic mass is 19.2. The zero-order valence-electron chi connectivity index (χ0n) is 7.62. The van der Waals surface area contributed by atoms with E-state index in [0.29, 0.717) is 0 Å². The number of nitrogens with zero attached hydrogens (tertiary/aromatic N) is 3. The molecule has 0 radical (unpaired) electrons. The third-order valence-electron chi connectivity index (χ3n) is 1.33. The van der Waals surface area contributed by atoms with Gasteiger partial charge < -0.3 is 9.94 Å². The zero-order chi connectivity index (χ0) is 12.1. The number of rotatable bonds is 6. The third-order valence-corrected chi connectivity index (χ3v) is 1.33. The van der Waals surface area contributed by atoms with Gasteiger partial charge in [-0.3, -0.25) is 20.2 Å². The Hall–Kier alpha value is -1.84. The minimum absolute atomic E-state index is 0.00375. The van der Waals surface area contributed by atoms with Crippen LogP contribution in [-0.4, -0.2) is 39.9 Å². The van der Waals surface area contributed by atoms with Crippen LogP contribution in [0.25, 0.3) is 0 Å². The molecule has 0 heterocycles. The molecule has 0 aromatic rings. The van der Waals surface area contributed by atoms with E-state index in [0.717, 1.165) is 0 Å². The number of halogens is 1. The van der Waals surface area contributed by atoms with Crippen molar-refractivity contribution < 1.29 is 24.2 Å². The summed E-state index contributed by atoms with van der Waals surface area (Å²) in [5.41, 5.74) is 0.00375. The predicted octanol–water partition coefficient (Wildman–Crippen LogP) is 0.0298. The summed E-state index contributed by atoms with van der Waals surface area (Å²) in [6, 6.07) is 0. The SMILES string of the molecule is C/C(COCC(F)([N+](=O)[O-])[N+](=O)[O-])=N\O. The zero-order valence-corrected chi connectivity index (χ0v) is 7.62. The Morgan fingerprint density at radius 1 is 1.53 bits per heavy atom. The van der Waals surface area contributed by atoms with Crippen molar-refractivity contribution in [3.8, 4) is 0 Å². The quantitative estimate of drug-likeness (QED) is 0.169. The second kappa shape index (κ2) is 5.14. The maximum Gasteiger partial charge on any atom is 0.637 e. The van der Waals surface area contributed by atoms with Gasteiger partial charge in [-0.1, -0.05) is 9.55 Å². The minimum Gasteiger partial charge on any atom is -0.411 e. The summed E-state index contributed by atoms with van der Waals surface area (Å²) in [5, 5.41) is 30.8. The van der Waals surface area contributed by atoms with Crippen molar-refractivity contribution in [2.45, 2.75) is 12.8 Å². The molecule has 15 heavy (non-hydrogen) atoms. The molecule has 0 aromatic carbocycles. The van der Waals surface area contributed by atoms with Gasteiger partial charge in [-0.15, -0.1) is 0 Å². The first-order valence-corrected chi connectivity index (χ1v) is 3.57. The van der Waals surface area contributed by atoms with E-state index < -0.39 is 29.0 Å².